The van der Waals surface area contributed by atoms with Gasteiger partial charge in [0.2, 0.25) is 11.8 Å². The van der Waals surface area contributed by atoms with Gasteiger partial charge in [0, 0.05) is 6.54 Å². The van der Waals surface area contributed by atoms with Gasteiger partial charge in [0.25, 0.3) is 5.91 Å². The van der Waals surface area contributed by atoms with Crippen LogP contribution in [0.25, 0.3) is 0 Å². The van der Waals surface area contributed by atoms with E-state index in [1.807, 2.05) is 44.2 Å². The Morgan fingerprint density at radius 3 is 2.35 bits per heavy atom. The number of hydrogen-bond acceptors (Lipinski definition) is 4. The topological polar surface area (TPSA) is 100 Å². The molecule has 0 saturated heterocycles. The van der Waals surface area contributed by atoms with Gasteiger partial charge in [0.05, 0.1) is 12.8 Å². The van der Waals surface area contributed by atoms with Gasteiger partial charge in [0.1, 0.15) is 6.04 Å². The fraction of sp³-hybridized carbons (Fsp3) is 0.316. The molecule has 0 aliphatic carbocycles. The van der Waals surface area contributed by atoms with Crippen molar-refractivity contribution in [2.24, 2.45) is 5.92 Å². The van der Waals surface area contributed by atoms with E-state index >= 15 is 0 Å². The van der Waals surface area contributed by atoms with Gasteiger partial charge in [-0.2, -0.15) is 0 Å². The van der Waals surface area contributed by atoms with Crippen LogP contribution in [0.4, 0.5) is 0 Å². The fourth-order valence-electron chi connectivity index (χ4n) is 2.29. The zero-order chi connectivity index (χ0) is 18.9. The molecule has 3 N–H and O–H groups in total. The molecule has 0 aliphatic rings. The number of furan rings is 1. The van der Waals surface area contributed by atoms with Crippen molar-refractivity contribution < 1.29 is 18.8 Å². The molecule has 138 valence electrons. The van der Waals surface area contributed by atoms with Crippen LogP contribution in [0.3, 0.4) is 0 Å². The van der Waals surface area contributed by atoms with E-state index in [4.69, 9.17) is 4.42 Å². The smallest absolute Gasteiger partial charge is 0.287 e. The molecule has 2 aromatic rings. The first-order valence-electron chi connectivity index (χ1n) is 8.40. The van der Waals surface area contributed by atoms with E-state index in [0.29, 0.717) is 6.54 Å². The van der Waals surface area contributed by atoms with E-state index in [1.165, 1.54) is 12.3 Å². The summed E-state index contributed by atoms with van der Waals surface area (Å²) in [4.78, 5) is 36.3. The van der Waals surface area contributed by atoms with E-state index in [0.717, 1.165) is 5.56 Å². The first kappa shape index (κ1) is 19.2. The highest BCUT2D eigenvalue weighted by Crippen LogP contribution is 2.05. The van der Waals surface area contributed by atoms with Gasteiger partial charge in [0.15, 0.2) is 5.76 Å². The standard InChI is InChI=1S/C19H23N3O4/c1-13(2)17(22-18(24)15-9-6-10-26-15)19(25)21-12-16(23)20-11-14-7-4-3-5-8-14/h3-10,13,17H,11-12H2,1-2H3,(H,20,23)(H,21,25)(H,22,24). The molecule has 0 saturated carbocycles. The lowest BCUT2D eigenvalue weighted by molar-refractivity contribution is -0.127. The molecule has 1 unspecified atom stereocenters. The molecule has 1 heterocycles. The minimum atomic E-state index is -0.769. The average Bonchev–Trinajstić information content (AvgIpc) is 3.17. The van der Waals surface area contributed by atoms with E-state index in [2.05, 4.69) is 16.0 Å². The Morgan fingerprint density at radius 2 is 1.73 bits per heavy atom. The summed E-state index contributed by atoms with van der Waals surface area (Å²) >= 11 is 0. The second-order valence-corrected chi connectivity index (χ2v) is 6.15. The van der Waals surface area contributed by atoms with Crippen LogP contribution in [0.2, 0.25) is 0 Å². The lowest BCUT2D eigenvalue weighted by atomic mass is 10.0. The Bertz CT molecular complexity index is 727. The number of hydrogen-bond donors (Lipinski definition) is 3. The maximum absolute atomic E-state index is 12.3. The molecule has 0 aliphatic heterocycles. The molecule has 1 atom stereocenters. The van der Waals surface area contributed by atoms with Crippen LogP contribution >= 0.6 is 0 Å². The maximum atomic E-state index is 12.3. The second kappa shape index (κ2) is 9.41. The Labute approximate surface area is 152 Å². The molecule has 3 amide bonds. The molecule has 7 heteroatoms. The van der Waals surface area contributed by atoms with Crippen molar-refractivity contribution in [2.75, 3.05) is 6.54 Å². The minimum Gasteiger partial charge on any atom is -0.459 e. The highest BCUT2D eigenvalue weighted by Gasteiger charge is 2.25. The van der Waals surface area contributed by atoms with Crippen molar-refractivity contribution in [3.63, 3.8) is 0 Å². The third kappa shape index (κ3) is 5.77. The molecule has 0 spiro atoms. The van der Waals surface area contributed by atoms with Crippen molar-refractivity contribution >= 4 is 17.7 Å². The summed E-state index contributed by atoms with van der Waals surface area (Å²) in [5.41, 5.74) is 0.970. The molecule has 0 fully saturated rings. The molecular formula is C19H23N3O4. The van der Waals surface area contributed by atoms with Gasteiger partial charge in [-0.3, -0.25) is 14.4 Å². The molecule has 2 rings (SSSR count). The van der Waals surface area contributed by atoms with E-state index in [-0.39, 0.29) is 24.1 Å². The van der Waals surface area contributed by atoms with Crippen LogP contribution in [0.5, 0.6) is 0 Å². The quantitative estimate of drug-likeness (QED) is 0.666. The maximum Gasteiger partial charge on any atom is 0.287 e. The largest absolute Gasteiger partial charge is 0.459 e. The molecular weight excluding hydrogens is 334 g/mol. The molecule has 26 heavy (non-hydrogen) atoms. The zero-order valence-corrected chi connectivity index (χ0v) is 14.8. The first-order chi connectivity index (χ1) is 12.5. The number of benzene rings is 1. The Hall–Kier alpha value is -3.09. The highest BCUT2D eigenvalue weighted by atomic mass is 16.3. The first-order valence-corrected chi connectivity index (χ1v) is 8.40. The summed E-state index contributed by atoms with van der Waals surface area (Å²) in [6.07, 6.45) is 1.39. The van der Waals surface area contributed by atoms with Gasteiger partial charge in [-0.15, -0.1) is 0 Å². The Balaban J connectivity index is 1.81. The van der Waals surface area contributed by atoms with Gasteiger partial charge in [-0.05, 0) is 23.6 Å². The van der Waals surface area contributed by atoms with Crippen LogP contribution in [0.15, 0.2) is 53.1 Å². The third-order valence-electron chi connectivity index (χ3n) is 3.74. The minimum absolute atomic E-state index is 0.129. The molecule has 1 aromatic heterocycles. The van der Waals surface area contributed by atoms with Crippen LogP contribution in [-0.2, 0) is 16.1 Å². The predicted molar refractivity (Wildman–Crippen MR) is 96.1 cm³/mol. The molecule has 1 aromatic carbocycles. The van der Waals surface area contributed by atoms with Gasteiger partial charge in [-0.1, -0.05) is 44.2 Å². The van der Waals surface area contributed by atoms with Crippen LogP contribution in [0, 0.1) is 5.92 Å². The molecule has 0 bridgehead atoms. The van der Waals surface area contributed by atoms with Crippen LogP contribution in [-0.4, -0.2) is 30.3 Å². The summed E-state index contributed by atoms with van der Waals surface area (Å²) < 4.78 is 5.02. The summed E-state index contributed by atoms with van der Waals surface area (Å²) in [5.74, 6) is -1.22. The lowest BCUT2D eigenvalue weighted by Crippen LogP contribution is -2.51. The Morgan fingerprint density at radius 1 is 1.00 bits per heavy atom. The number of amides is 3. The monoisotopic (exact) mass is 357 g/mol. The second-order valence-electron chi connectivity index (χ2n) is 6.15. The van der Waals surface area contributed by atoms with Gasteiger partial charge in [-0.25, -0.2) is 0 Å². The summed E-state index contributed by atoms with van der Waals surface area (Å²) in [5, 5.41) is 7.91. The zero-order valence-electron chi connectivity index (χ0n) is 14.8. The Kier molecular flexibility index (Phi) is 6.96. The average molecular weight is 357 g/mol. The lowest BCUT2D eigenvalue weighted by Gasteiger charge is -2.21. The summed E-state index contributed by atoms with van der Waals surface area (Å²) in [6, 6.07) is 11.8. The number of carbonyl (C=O) groups is 3. The van der Waals surface area contributed by atoms with Crippen molar-refractivity contribution in [3.8, 4) is 0 Å². The van der Waals surface area contributed by atoms with Crippen molar-refractivity contribution in [1.82, 2.24) is 16.0 Å². The van der Waals surface area contributed by atoms with E-state index < -0.39 is 17.9 Å². The van der Waals surface area contributed by atoms with Gasteiger partial charge >= 0.3 is 0 Å². The molecule has 7 nitrogen and oxygen atoms in total. The fourth-order valence-corrected chi connectivity index (χ4v) is 2.29. The normalized spacial score (nSPS) is 11.7. The van der Waals surface area contributed by atoms with Crippen LogP contribution in [0.1, 0.15) is 30.0 Å². The number of nitrogens with one attached hydrogen (secondary N) is 3. The predicted octanol–water partition coefficient (Wildman–Crippen LogP) is 1.47. The van der Waals surface area contributed by atoms with E-state index in [1.54, 1.807) is 6.07 Å². The number of carbonyl (C=O) groups excluding carboxylic acids is 3. The van der Waals surface area contributed by atoms with Crippen molar-refractivity contribution in [1.29, 1.82) is 0 Å². The van der Waals surface area contributed by atoms with Crippen molar-refractivity contribution in [2.45, 2.75) is 26.4 Å². The highest BCUT2D eigenvalue weighted by molar-refractivity contribution is 5.96. The van der Waals surface area contributed by atoms with E-state index in [9.17, 15) is 14.4 Å². The SMILES string of the molecule is CC(C)C(NC(=O)c1ccco1)C(=O)NCC(=O)NCc1ccccc1. The summed E-state index contributed by atoms with van der Waals surface area (Å²) in [7, 11) is 0. The molecule has 0 radical (unpaired) electrons. The van der Waals surface area contributed by atoms with Gasteiger partial charge < -0.3 is 20.4 Å². The summed E-state index contributed by atoms with van der Waals surface area (Å²) in [6.45, 7) is 3.84. The third-order valence-corrected chi connectivity index (χ3v) is 3.74. The van der Waals surface area contributed by atoms with Crippen molar-refractivity contribution in [3.05, 3.63) is 60.1 Å². The van der Waals surface area contributed by atoms with Crippen LogP contribution < -0.4 is 16.0 Å². The number of rotatable bonds is 8.